The summed E-state index contributed by atoms with van der Waals surface area (Å²) in [6.07, 6.45) is 0. The van der Waals surface area contributed by atoms with Crippen LogP contribution in [-0.2, 0) is 0 Å². The second-order valence-corrected chi connectivity index (χ2v) is 5.51. The molecule has 1 saturated carbocycles. The Morgan fingerprint density at radius 2 is 2.06 bits per heavy atom. The van der Waals surface area contributed by atoms with E-state index in [0.29, 0.717) is 25.0 Å². The van der Waals surface area contributed by atoms with E-state index < -0.39 is 0 Å². The summed E-state index contributed by atoms with van der Waals surface area (Å²) < 4.78 is 11.4. The van der Waals surface area contributed by atoms with Crippen molar-refractivity contribution in [2.24, 2.45) is 17.1 Å². The minimum absolute atomic E-state index is 0.282. The lowest BCUT2D eigenvalue weighted by Gasteiger charge is -2.21. The molecule has 2 N–H and O–H groups in total. The molecule has 0 radical (unpaired) electrons. The predicted molar refractivity (Wildman–Crippen MR) is 66.5 cm³/mol. The van der Waals surface area contributed by atoms with Crippen LogP contribution in [0.15, 0.2) is 18.2 Å². The van der Waals surface area contributed by atoms with Gasteiger partial charge in [0, 0.05) is 5.56 Å². The number of benzene rings is 1. The molecule has 3 heteroatoms. The molecule has 1 aliphatic carbocycles. The molecule has 3 nitrogen and oxygen atoms in total. The van der Waals surface area contributed by atoms with Gasteiger partial charge >= 0.3 is 0 Å². The van der Waals surface area contributed by atoms with Gasteiger partial charge in [-0.25, -0.2) is 0 Å². The molecule has 0 saturated heterocycles. The van der Waals surface area contributed by atoms with Crippen molar-refractivity contribution in [1.29, 1.82) is 0 Å². The smallest absolute Gasteiger partial charge is 0.164 e. The summed E-state index contributed by atoms with van der Waals surface area (Å²) in [5, 5.41) is 0. The first kappa shape index (κ1) is 10.9. The number of fused-ring (bicyclic) bond motifs is 1. The number of hydrogen-bond acceptors (Lipinski definition) is 3. The van der Waals surface area contributed by atoms with E-state index in [0.717, 1.165) is 18.0 Å². The van der Waals surface area contributed by atoms with Gasteiger partial charge in [-0.05, 0) is 29.9 Å². The monoisotopic (exact) mass is 233 g/mol. The van der Waals surface area contributed by atoms with Gasteiger partial charge in [-0.2, -0.15) is 0 Å². The molecule has 1 aromatic rings. The Kier molecular flexibility index (Phi) is 2.33. The zero-order chi connectivity index (χ0) is 12.0. The highest BCUT2D eigenvalue weighted by atomic mass is 16.6. The van der Waals surface area contributed by atoms with Crippen LogP contribution in [0.3, 0.4) is 0 Å². The Labute approximate surface area is 102 Å². The van der Waals surface area contributed by atoms with Crippen molar-refractivity contribution in [3.63, 3.8) is 0 Å². The van der Waals surface area contributed by atoms with Crippen LogP contribution in [0.2, 0.25) is 0 Å². The Morgan fingerprint density at radius 1 is 1.29 bits per heavy atom. The second-order valence-electron chi connectivity index (χ2n) is 5.51. The summed E-state index contributed by atoms with van der Waals surface area (Å²) in [5.74, 6) is 2.88. The van der Waals surface area contributed by atoms with Crippen molar-refractivity contribution in [3.8, 4) is 11.5 Å². The Hall–Kier alpha value is -1.22. The molecule has 1 fully saturated rings. The van der Waals surface area contributed by atoms with Gasteiger partial charge in [0.1, 0.15) is 13.2 Å². The normalized spacial score (nSPS) is 28.9. The van der Waals surface area contributed by atoms with Gasteiger partial charge < -0.3 is 15.2 Å². The molecule has 1 aromatic carbocycles. The summed E-state index contributed by atoms with van der Waals surface area (Å²) >= 11 is 0. The van der Waals surface area contributed by atoms with Crippen LogP contribution in [0.25, 0.3) is 0 Å². The van der Waals surface area contributed by atoms with E-state index in [1.165, 1.54) is 5.56 Å². The van der Waals surface area contributed by atoms with Crippen LogP contribution in [0.4, 0.5) is 0 Å². The molecule has 0 amide bonds. The Balaban J connectivity index is 1.99. The zero-order valence-corrected chi connectivity index (χ0v) is 10.4. The van der Waals surface area contributed by atoms with E-state index in [2.05, 4.69) is 19.9 Å². The molecule has 92 valence electrons. The van der Waals surface area contributed by atoms with Crippen molar-refractivity contribution in [2.75, 3.05) is 19.8 Å². The third-order valence-electron chi connectivity index (χ3n) is 4.24. The molecule has 2 unspecified atom stereocenters. The Morgan fingerprint density at radius 3 is 2.76 bits per heavy atom. The molecule has 3 rings (SSSR count). The maximum atomic E-state index is 5.84. The number of para-hydroxylation sites is 1. The minimum Gasteiger partial charge on any atom is -0.486 e. The first-order valence-electron chi connectivity index (χ1n) is 6.25. The topological polar surface area (TPSA) is 44.5 Å². The van der Waals surface area contributed by atoms with Gasteiger partial charge in [0.2, 0.25) is 0 Å². The minimum atomic E-state index is 0.282. The van der Waals surface area contributed by atoms with Crippen LogP contribution in [0.5, 0.6) is 11.5 Å². The molecule has 0 aromatic heterocycles. The SMILES string of the molecule is CC1(C)C(CN)C1c1cccc2c1OCCO2. The first-order chi connectivity index (χ1) is 8.16. The van der Waals surface area contributed by atoms with Crippen molar-refractivity contribution >= 4 is 0 Å². The van der Waals surface area contributed by atoms with Gasteiger partial charge in [-0.15, -0.1) is 0 Å². The van der Waals surface area contributed by atoms with Gasteiger partial charge in [0.05, 0.1) is 0 Å². The Bertz CT molecular complexity index is 442. The van der Waals surface area contributed by atoms with E-state index in [-0.39, 0.29) is 5.41 Å². The number of rotatable bonds is 2. The third kappa shape index (κ3) is 1.53. The molecular formula is C14H19NO2. The maximum Gasteiger partial charge on any atom is 0.164 e. The van der Waals surface area contributed by atoms with E-state index >= 15 is 0 Å². The average Bonchev–Trinajstić information content (AvgIpc) is 2.90. The number of ether oxygens (including phenoxy) is 2. The molecule has 1 heterocycles. The second kappa shape index (κ2) is 3.64. The molecular weight excluding hydrogens is 214 g/mol. The van der Waals surface area contributed by atoms with Crippen LogP contribution in [0, 0.1) is 11.3 Å². The lowest BCUT2D eigenvalue weighted by atomic mass is 10.0. The largest absolute Gasteiger partial charge is 0.486 e. The quantitative estimate of drug-likeness (QED) is 0.851. The zero-order valence-electron chi connectivity index (χ0n) is 10.4. The summed E-state index contributed by atoms with van der Waals surface area (Å²) in [4.78, 5) is 0. The maximum absolute atomic E-state index is 5.84. The van der Waals surface area contributed by atoms with E-state index in [9.17, 15) is 0 Å². The van der Waals surface area contributed by atoms with Crippen molar-refractivity contribution in [1.82, 2.24) is 0 Å². The fourth-order valence-corrected chi connectivity index (χ4v) is 3.14. The molecule has 0 bridgehead atoms. The highest BCUT2D eigenvalue weighted by Gasteiger charge is 2.58. The lowest BCUT2D eigenvalue weighted by Crippen LogP contribution is -2.16. The standard InChI is InChI=1S/C14H19NO2/c1-14(2)10(8-15)12(14)9-4-3-5-11-13(9)17-7-6-16-11/h3-5,10,12H,6-8,15H2,1-2H3. The fourth-order valence-electron chi connectivity index (χ4n) is 3.14. The van der Waals surface area contributed by atoms with Crippen LogP contribution < -0.4 is 15.2 Å². The van der Waals surface area contributed by atoms with E-state index in [4.69, 9.17) is 15.2 Å². The highest BCUT2D eigenvalue weighted by Crippen LogP contribution is 2.66. The average molecular weight is 233 g/mol. The van der Waals surface area contributed by atoms with Crippen molar-refractivity contribution < 1.29 is 9.47 Å². The summed E-state index contributed by atoms with van der Waals surface area (Å²) in [7, 11) is 0. The first-order valence-corrected chi connectivity index (χ1v) is 6.25. The fraction of sp³-hybridized carbons (Fsp3) is 0.571. The third-order valence-corrected chi connectivity index (χ3v) is 4.24. The molecule has 17 heavy (non-hydrogen) atoms. The molecule has 2 atom stereocenters. The van der Waals surface area contributed by atoms with E-state index in [1.807, 2.05) is 12.1 Å². The van der Waals surface area contributed by atoms with Crippen molar-refractivity contribution in [2.45, 2.75) is 19.8 Å². The van der Waals surface area contributed by atoms with Gasteiger partial charge in [0.25, 0.3) is 0 Å². The number of hydrogen-bond donors (Lipinski definition) is 1. The lowest BCUT2D eigenvalue weighted by molar-refractivity contribution is 0.169. The van der Waals surface area contributed by atoms with Gasteiger partial charge in [-0.3, -0.25) is 0 Å². The highest BCUT2D eigenvalue weighted by molar-refractivity contribution is 5.52. The molecule has 1 aliphatic heterocycles. The summed E-state index contributed by atoms with van der Waals surface area (Å²) in [6, 6.07) is 6.17. The molecule has 0 spiro atoms. The van der Waals surface area contributed by atoms with E-state index in [1.54, 1.807) is 0 Å². The van der Waals surface area contributed by atoms with Crippen molar-refractivity contribution in [3.05, 3.63) is 23.8 Å². The van der Waals surface area contributed by atoms with Crippen LogP contribution in [0.1, 0.15) is 25.3 Å². The van der Waals surface area contributed by atoms with Crippen LogP contribution in [-0.4, -0.2) is 19.8 Å². The molecule has 2 aliphatic rings. The van der Waals surface area contributed by atoms with Crippen LogP contribution >= 0.6 is 0 Å². The summed E-state index contributed by atoms with van der Waals surface area (Å²) in [5.41, 5.74) is 7.39. The predicted octanol–water partition coefficient (Wildman–Crippen LogP) is 2.16. The number of nitrogens with two attached hydrogens (primary N) is 1. The summed E-state index contributed by atoms with van der Waals surface area (Å²) in [6.45, 7) is 6.58. The van der Waals surface area contributed by atoms with Gasteiger partial charge in [0.15, 0.2) is 11.5 Å². The van der Waals surface area contributed by atoms with Gasteiger partial charge in [-0.1, -0.05) is 26.0 Å².